The molecule has 1 fully saturated rings. The van der Waals surface area contributed by atoms with Crippen molar-refractivity contribution in [3.8, 4) is 0 Å². The first kappa shape index (κ1) is 10.2. The molecule has 1 radical (unpaired) electrons. The third kappa shape index (κ3) is 3.25. The zero-order chi connectivity index (χ0) is 8.81. The Bertz CT molecular complexity index is 107. The number of hydrogen-bond donors (Lipinski definition) is 0. The summed E-state index contributed by atoms with van der Waals surface area (Å²) in [6, 6.07) is 1.16. The molecule has 0 spiro atoms. The van der Waals surface area contributed by atoms with Crippen LogP contribution in [0.25, 0.3) is 0 Å². The summed E-state index contributed by atoms with van der Waals surface area (Å²) in [7, 11) is 2.60. The monoisotopic (exact) mass is 187 g/mol. The van der Waals surface area contributed by atoms with Crippen LogP contribution in [0.1, 0.15) is 32.1 Å². The van der Waals surface area contributed by atoms with Gasteiger partial charge in [-0.2, -0.15) is 0 Å². The Morgan fingerprint density at radius 1 is 1.17 bits per heavy atom. The molecule has 1 aliphatic rings. The second-order valence-corrected chi connectivity index (χ2v) is 5.53. The maximum Gasteiger partial charge on any atom is 0.384 e. The van der Waals surface area contributed by atoms with Gasteiger partial charge in [0, 0.05) is 14.2 Å². The molecule has 1 rings (SSSR count). The summed E-state index contributed by atoms with van der Waals surface area (Å²) < 4.78 is 10.5. The SMILES string of the molecule is CO[Si](CCC1CCCC1)OC. The molecule has 71 valence electrons. The van der Waals surface area contributed by atoms with Gasteiger partial charge in [0.25, 0.3) is 0 Å². The Morgan fingerprint density at radius 3 is 2.25 bits per heavy atom. The maximum absolute atomic E-state index is 5.24. The fourth-order valence-corrected chi connectivity index (χ4v) is 3.13. The van der Waals surface area contributed by atoms with Gasteiger partial charge in [-0.1, -0.05) is 25.7 Å². The van der Waals surface area contributed by atoms with E-state index in [-0.39, 0.29) is 0 Å². The van der Waals surface area contributed by atoms with Crippen molar-refractivity contribution in [1.82, 2.24) is 0 Å². The third-order valence-corrected chi connectivity index (χ3v) is 4.29. The molecule has 0 amide bonds. The van der Waals surface area contributed by atoms with Crippen molar-refractivity contribution in [3.05, 3.63) is 0 Å². The van der Waals surface area contributed by atoms with Crippen molar-refractivity contribution >= 4 is 9.28 Å². The first-order valence-electron chi connectivity index (χ1n) is 4.80. The molecule has 0 heterocycles. The van der Waals surface area contributed by atoms with E-state index in [4.69, 9.17) is 8.85 Å². The summed E-state index contributed by atoms with van der Waals surface area (Å²) in [5, 5.41) is 0. The van der Waals surface area contributed by atoms with Crippen LogP contribution in [0.5, 0.6) is 0 Å². The van der Waals surface area contributed by atoms with E-state index in [1.165, 1.54) is 32.1 Å². The van der Waals surface area contributed by atoms with Crippen molar-refractivity contribution in [2.45, 2.75) is 38.1 Å². The van der Waals surface area contributed by atoms with Crippen molar-refractivity contribution in [1.29, 1.82) is 0 Å². The Labute approximate surface area is 77.1 Å². The molecule has 0 aromatic rings. The molecule has 0 bridgehead atoms. The highest BCUT2D eigenvalue weighted by atomic mass is 28.3. The average molecular weight is 187 g/mol. The molecule has 0 N–H and O–H groups in total. The predicted molar refractivity (Wildman–Crippen MR) is 51.2 cm³/mol. The quantitative estimate of drug-likeness (QED) is 0.615. The van der Waals surface area contributed by atoms with E-state index < -0.39 is 9.28 Å². The highest BCUT2D eigenvalue weighted by Crippen LogP contribution is 2.29. The van der Waals surface area contributed by atoms with Crippen LogP contribution in [-0.2, 0) is 8.85 Å². The molecule has 0 aromatic carbocycles. The molecule has 3 heteroatoms. The molecule has 0 saturated heterocycles. The van der Waals surface area contributed by atoms with E-state index >= 15 is 0 Å². The van der Waals surface area contributed by atoms with E-state index in [1.807, 2.05) is 0 Å². The molecular formula is C9H19O2Si. The highest BCUT2D eigenvalue weighted by Gasteiger charge is 2.19. The summed E-state index contributed by atoms with van der Waals surface area (Å²) in [5.74, 6) is 0.968. The minimum atomic E-state index is -0.910. The Kier molecular flexibility index (Phi) is 4.88. The van der Waals surface area contributed by atoms with E-state index in [0.29, 0.717) is 0 Å². The molecule has 0 aliphatic heterocycles. The van der Waals surface area contributed by atoms with Gasteiger partial charge in [0.1, 0.15) is 0 Å². The molecule has 0 aromatic heterocycles. The van der Waals surface area contributed by atoms with E-state index in [9.17, 15) is 0 Å². The summed E-state index contributed by atoms with van der Waals surface area (Å²) in [5.41, 5.74) is 0. The lowest BCUT2D eigenvalue weighted by atomic mass is 10.1. The Hall–Kier alpha value is 0.137. The van der Waals surface area contributed by atoms with Gasteiger partial charge in [0.05, 0.1) is 0 Å². The van der Waals surface area contributed by atoms with Crippen LogP contribution in [0.4, 0.5) is 0 Å². The molecular weight excluding hydrogens is 168 g/mol. The zero-order valence-corrected chi connectivity index (χ0v) is 9.14. The van der Waals surface area contributed by atoms with Crippen LogP contribution in [0, 0.1) is 5.92 Å². The highest BCUT2D eigenvalue weighted by molar-refractivity contribution is 6.44. The van der Waals surface area contributed by atoms with Crippen molar-refractivity contribution in [2.24, 2.45) is 5.92 Å². The topological polar surface area (TPSA) is 18.5 Å². The fourth-order valence-electron chi connectivity index (χ4n) is 1.91. The predicted octanol–water partition coefficient (Wildman–Crippen LogP) is 2.35. The van der Waals surface area contributed by atoms with Crippen LogP contribution < -0.4 is 0 Å². The fraction of sp³-hybridized carbons (Fsp3) is 1.00. The van der Waals surface area contributed by atoms with Crippen LogP contribution in [0.3, 0.4) is 0 Å². The van der Waals surface area contributed by atoms with Gasteiger partial charge in [-0.3, -0.25) is 0 Å². The van der Waals surface area contributed by atoms with Gasteiger partial charge < -0.3 is 8.85 Å². The maximum atomic E-state index is 5.24. The summed E-state index contributed by atoms with van der Waals surface area (Å²) in [6.07, 6.45) is 7.06. The van der Waals surface area contributed by atoms with Crippen LogP contribution in [-0.4, -0.2) is 23.5 Å². The number of rotatable bonds is 5. The van der Waals surface area contributed by atoms with E-state index in [1.54, 1.807) is 14.2 Å². The molecule has 0 atom stereocenters. The lowest BCUT2D eigenvalue weighted by Gasteiger charge is -2.12. The molecule has 0 unspecified atom stereocenters. The lowest BCUT2D eigenvalue weighted by Crippen LogP contribution is -2.19. The smallest absolute Gasteiger partial charge is 0.384 e. The van der Waals surface area contributed by atoms with Crippen molar-refractivity contribution < 1.29 is 8.85 Å². The third-order valence-electron chi connectivity index (χ3n) is 2.69. The van der Waals surface area contributed by atoms with Gasteiger partial charge in [-0.15, -0.1) is 0 Å². The summed E-state index contributed by atoms with van der Waals surface area (Å²) >= 11 is 0. The van der Waals surface area contributed by atoms with Gasteiger partial charge in [0.2, 0.25) is 0 Å². The van der Waals surface area contributed by atoms with Crippen molar-refractivity contribution in [3.63, 3.8) is 0 Å². The molecule has 1 aliphatic carbocycles. The first-order valence-corrected chi connectivity index (χ1v) is 6.33. The standard InChI is InChI=1S/C9H19O2Si/c1-10-12(11-2)8-7-9-5-3-4-6-9/h9H,3-8H2,1-2H3. The van der Waals surface area contributed by atoms with Crippen molar-refractivity contribution in [2.75, 3.05) is 14.2 Å². The minimum Gasteiger partial charge on any atom is -0.397 e. The van der Waals surface area contributed by atoms with Gasteiger partial charge >= 0.3 is 9.28 Å². The second kappa shape index (κ2) is 5.73. The zero-order valence-electron chi connectivity index (χ0n) is 8.14. The molecule has 2 nitrogen and oxygen atoms in total. The van der Waals surface area contributed by atoms with Gasteiger partial charge in [-0.05, 0) is 18.4 Å². The largest absolute Gasteiger partial charge is 0.397 e. The van der Waals surface area contributed by atoms with Crippen LogP contribution in [0.15, 0.2) is 0 Å². The average Bonchev–Trinajstić information content (AvgIpc) is 2.59. The lowest BCUT2D eigenvalue weighted by molar-refractivity contribution is 0.273. The summed E-state index contributed by atoms with van der Waals surface area (Å²) in [4.78, 5) is 0. The molecule has 12 heavy (non-hydrogen) atoms. The summed E-state index contributed by atoms with van der Waals surface area (Å²) in [6.45, 7) is 0. The normalized spacial score (nSPS) is 19.2. The second-order valence-electron chi connectivity index (χ2n) is 3.47. The van der Waals surface area contributed by atoms with Gasteiger partial charge in [-0.25, -0.2) is 0 Å². The first-order chi connectivity index (χ1) is 5.86. The minimum absolute atomic E-state index is 0.910. The van der Waals surface area contributed by atoms with Gasteiger partial charge in [0.15, 0.2) is 0 Å². The van der Waals surface area contributed by atoms with Crippen LogP contribution in [0.2, 0.25) is 6.04 Å². The van der Waals surface area contributed by atoms with Crippen LogP contribution >= 0.6 is 0 Å². The van der Waals surface area contributed by atoms with E-state index in [2.05, 4.69) is 0 Å². The Balaban J connectivity index is 2.06. The number of hydrogen-bond acceptors (Lipinski definition) is 2. The Morgan fingerprint density at radius 2 is 1.75 bits per heavy atom. The molecule has 1 saturated carbocycles. The van der Waals surface area contributed by atoms with E-state index in [0.717, 1.165) is 12.0 Å².